The van der Waals surface area contributed by atoms with E-state index in [9.17, 15) is 50.4 Å². The molecule has 57 heavy (non-hydrogen) atoms. The molecule has 2 saturated heterocycles. The van der Waals surface area contributed by atoms with Gasteiger partial charge in [0.15, 0.2) is 23.0 Å². The highest BCUT2D eigenvalue weighted by molar-refractivity contribution is 5.89. The molecule has 2 aliphatic rings. The fourth-order valence-corrected chi connectivity index (χ4v) is 6.80. The number of nitrogen functional groups attached to an aromatic ring is 1. The fourth-order valence-electron chi connectivity index (χ4n) is 6.80. The van der Waals surface area contributed by atoms with E-state index in [4.69, 9.17) is 29.1 Å². The Labute approximate surface area is 322 Å². The van der Waals surface area contributed by atoms with Crippen molar-refractivity contribution in [3.05, 3.63) is 94.3 Å². The molecule has 3 aromatic carbocycles. The smallest absolute Gasteiger partial charge is 0.336 e. The van der Waals surface area contributed by atoms with Crippen LogP contribution in [0.4, 0.5) is 5.82 Å². The van der Waals surface area contributed by atoms with Crippen molar-refractivity contribution in [2.45, 2.75) is 55.1 Å². The molecular formula is C38H40N4O15. The van der Waals surface area contributed by atoms with Crippen molar-refractivity contribution >= 4 is 22.8 Å². The van der Waals surface area contributed by atoms with E-state index in [1.165, 1.54) is 18.2 Å². The second-order valence-electron chi connectivity index (χ2n) is 13.7. The normalized spacial score (nSPS) is 24.5. The maximum Gasteiger partial charge on any atom is 0.336 e. The number of aromatic amines is 1. The Bertz CT molecular complexity index is 2290. The van der Waals surface area contributed by atoms with Crippen LogP contribution in [-0.4, -0.2) is 108 Å². The molecule has 8 unspecified atom stereocenters. The molecule has 5 aromatic rings. The number of carboxylic acid groups (broad SMARTS) is 1. The van der Waals surface area contributed by atoms with Gasteiger partial charge in [-0.2, -0.15) is 0 Å². The predicted octanol–water partition coefficient (Wildman–Crippen LogP) is 0.514. The highest BCUT2D eigenvalue weighted by Crippen LogP contribution is 2.46. The summed E-state index contributed by atoms with van der Waals surface area (Å²) in [6, 6.07) is 16.4. The van der Waals surface area contributed by atoms with Gasteiger partial charge in [-0.05, 0) is 55.0 Å². The first-order valence-electron chi connectivity index (χ1n) is 17.6. The zero-order chi connectivity index (χ0) is 40.6. The number of benzene rings is 3. The second kappa shape index (κ2) is 15.9. The van der Waals surface area contributed by atoms with Crippen LogP contribution in [0, 0.1) is 0 Å². The molecule has 2 fully saturated rings. The van der Waals surface area contributed by atoms with Crippen LogP contribution in [0.15, 0.2) is 82.0 Å². The van der Waals surface area contributed by atoms with Gasteiger partial charge in [0.25, 0.3) is 0 Å². The molecule has 19 nitrogen and oxygen atoms in total. The highest BCUT2D eigenvalue weighted by Gasteiger charge is 2.59. The lowest BCUT2D eigenvalue weighted by molar-refractivity contribution is -0.307. The Kier molecular flexibility index (Phi) is 11.0. The number of carboxylic acids is 1. The van der Waals surface area contributed by atoms with Gasteiger partial charge in [0.1, 0.15) is 64.6 Å². The standard InChI is InChI=1S/C38H40N4O15/c39-28-9-8-22(42-28)24(45)15-53-21-6-4-17(5-7-21)25-11-23(44)29-26(54-25)12-27(32(30(29)46)56-36(51)18-2-1-3-20(43)10-18)55-37-31(47)33(48)38(52,34(57-37)35(49)50)13-19-14-40-16-41-19/h1-12,19,24,31,33-34,36-37,40-43,45-48,51-52H,13-16,39H2,(H,49,50). The van der Waals surface area contributed by atoms with E-state index in [-0.39, 0.29) is 35.7 Å². The van der Waals surface area contributed by atoms with Crippen molar-refractivity contribution < 1.29 is 69.0 Å². The van der Waals surface area contributed by atoms with Gasteiger partial charge in [-0.3, -0.25) is 4.79 Å². The molecule has 13 N–H and O–H groups in total. The molecule has 0 bridgehead atoms. The van der Waals surface area contributed by atoms with Crippen molar-refractivity contribution in [3.8, 4) is 40.1 Å². The molecule has 2 aliphatic heterocycles. The van der Waals surface area contributed by atoms with Crippen LogP contribution in [0.2, 0.25) is 0 Å². The maximum atomic E-state index is 13.6. The summed E-state index contributed by atoms with van der Waals surface area (Å²) in [5.41, 5.74) is 2.97. The maximum absolute atomic E-state index is 13.6. The number of phenols is 2. The second-order valence-corrected chi connectivity index (χ2v) is 13.7. The quantitative estimate of drug-likeness (QED) is 0.0723. The van der Waals surface area contributed by atoms with Gasteiger partial charge in [0, 0.05) is 48.2 Å². The number of nitrogens with one attached hydrogen (secondary N) is 3. The summed E-state index contributed by atoms with van der Waals surface area (Å²) in [7, 11) is 0. The zero-order valence-electron chi connectivity index (χ0n) is 29.8. The molecule has 19 heteroatoms. The number of hydrogen-bond donors (Lipinski definition) is 12. The number of carbonyl (C=O) groups is 1. The lowest BCUT2D eigenvalue weighted by Gasteiger charge is -2.47. The van der Waals surface area contributed by atoms with Gasteiger partial charge >= 0.3 is 5.97 Å². The summed E-state index contributed by atoms with van der Waals surface area (Å²) in [6.45, 7) is 0.589. The number of fused-ring (bicyclic) bond motifs is 1. The van der Waals surface area contributed by atoms with Crippen LogP contribution in [0.3, 0.4) is 0 Å². The first-order chi connectivity index (χ1) is 27.2. The van der Waals surface area contributed by atoms with Gasteiger partial charge < -0.3 is 85.6 Å². The van der Waals surface area contributed by atoms with E-state index in [1.807, 2.05) is 0 Å². The number of aliphatic hydroxyl groups is 5. The summed E-state index contributed by atoms with van der Waals surface area (Å²) in [6.07, 6.45) is -11.6. The minimum atomic E-state index is -2.50. The molecule has 8 atom stereocenters. The predicted molar refractivity (Wildman–Crippen MR) is 197 cm³/mol. The van der Waals surface area contributed by atoms with E-state index >= 15 is 0 Å². The number of aliphatic carboxylic acids is 1. The van der Waals surface area contributed by atoms with Crippen molar-refractivity contribution in [1.82, 2.24) is 15.6 Å². The molecule has 302 valence electrons. The third-order valence-electron chi connectivity index (χ3n) is 9.72. The molecular weight excluding hydrogens is 752 g/mol. The fraction of sp³-hybridized carbons (Fsp3) is 0.316. The third-order valence-corrected chi connectivity index (χ3v) is 9.72. The van der Waals surface area contributed by atoms with E-state index in [0.29, 0.717) is 36.0 Å². The van der Waals surface area contributed by atoms with Crippen molar-refractivity contribution in [2.75, 3.05) is 25.6 Å². The number of aliphatic hydroxyl groups excluding tert-OH is 4. The van der Waals surface area contributed by atoms with Crippen molar-refractivity contribution in [3.63, 3.8) is 0 Å². The largest absolute Gasteiger partial charge is 0.508 e. The van der Waals surface area contributed by atoms with Crippen LogP contribution < -0.4 is 36.0 Å². The SMILES string of the molecule is Nc1ccc(C(O)COc2ccc(-c3cc(=O)c4c(O)c(OC(O)c5cccc(O)c5)c(OC5OC(C(=O)O)C(O)(CC6CNCN6)C(O)C5O)cc4o3)cc2)[nH]1. The van der Waals surface area contributed by atoms with Crippen molar-refractivity contribution in [1.29, 1.82) is 0 Å². The van der Waals surface area contributed by atoms with E-state index in [1.54, 1.807) is 36.4 Å². The van der Waals surface area contributed by atoms with Crippen LogP contribution >= 0.6 is 0 Å². The summed E-state index contributed by atoms with van der Waals surface area (Å²) in [5.74, 6) is -3.30. The zero-order valence-corrected chi connectivity index (χ0v) is 29.8. The monoisotopic (exact) mass is 792 g/mol. The van der Waals surface area contributed by atoms with E-state index in [0.717, 1.165) is 18.2 Å². The molecule has 0 spiro atoms. The Balaban J connectivity index is 1.22. The molecule has 0 amide bonds. The van der Waals surface area contributed by atoms with E-state index in [2.05, 4.69) is 15.6 Å². The number of aromatic nitrogens is 1. The van der Waals surface area contributed by atoms with Crippen molar-refractivity contribution in [2.24, 2.45) is 0 Å². The number of hydrogen-bond acceptors (Lipinski definition) is 17. The lowest BCUT2D eigenvalue weighted by Crippen LogP contribution is -2.70. The van der Waals surface area contributed by atoms with Gasteiger partial charge in [-0.15, -0.1) is 0 Å². The average Bonchev–Trinajstić information content (AvgIpc) is 3.87. The molecule has 2 aromatic heterocycles. The Morgan fingerprint density at radius 1 is 1.04 bits per heavy atom. The molecule has 4 heterocycles. The summed E-state index contributed by atoms with van der Waals surface area (Å²) in [4.78, 5) is 28.8. The topological polar surface area (TPSA) is 312 Å². The Hall–Kier alpha value is -5.90. The summed E-state index contributed by atoms with van der Waals surface area (Å²) < 4.78 is 28.8. The Morgan fingerprint density at radius 2 is 1.81 bits per heavy atom. The van der Waals surface area contributed by atoms with Crippen LogP contribution in [0.1, 0.15) is 30.1 Å². The lowest BCUT2D eigenvalue weighted by atomic mass is 9.79. The number of H-pyrrole nitrogens is 1. The van der Waals surface area contributed by atoms with Crippen LogP contribution in [0.5, 0.6) is 28.7 Å². The summed E-state index contributed by atoms with van der Waals surface area (Å²) in [5, 5.41) is 92.2. The number of aromatic hydroxyl groups is 2. The number of rotatable bonds is 13. The third kappa shape index (κ3) is 8.04. The Morgan fingerprint density at radius 3 is 2.47 bits per heavy atom. The first kappa shape index (κ1) is 39.3. The highest BCUT2D eigenvalue weighted by atomic mass is 16.7. The molecule has 0 aliphatic carbocycles. The van der Waals surface area contributed by atoms with Gasteiger partial charge in [-0.1, -0.05) is 12.1 Å². The molecule has 0 radical (unpaired) electrons. The number of ether oxygens (including phenoxy) is 4. The number of nitrogens with two attached hydrogens (primary N) is 1. The van der Waals surface area contributed by atoms with Gasteiger partial charge in [0.05, 0.1) is 0 Å². The van der Waals surface area contributed by atoms with Gasteiger partial charge in [0.2, 0.25) is 18.3 Å². The first-order valence-corrected chi connectivity index (χ1v) is 17.6. The average molecular weight is 793 g/mol. The number of anilines is 1. The molecule has 7 rings (SSSR count). The van der Waals surface area contributed by atoms with E-state index < -0.39 is 82.7 Å². The van der Waals surface area contributed by atoms with Gasteiger partial charge in [-0.25, -0.2) is 4.79 Å². The minimum Gasteiger partial charge on any atom is -0.508 e. The summed E-state index contributed by atoms with van der Waals surface area (Å²) >= 11 is 0. The van der Waals surface area contributed by atoms with Crippen LogP contribution in [0.25, 0.3) is 22.3 Å². The number of phenolic OH excluding ortho intramolecular Hbond substituents is 2. The molecule has 0 saturated carbocycles. The van der Waals surface area contributed by atoms with Crippen LogP contribution in [-0.2, 0) is 9.53 Å². The minimum absolute atomic E-state index is 0.00847.